The molecule has 1 atom stereocenters. The fraction of sp³-hybridized carbons (Fsp3) is 0.400. The van der Waals surface area contributed by atoms with E-state index >= 15 is 0 Å². The standard InChI is InChI=1S/C10H10F4O3S/c1-7-2-4-8(5-3-7)18(15,16)17-9(6-11)10(12,13)14/h2-5,9H,6H2,1H3. The highest BCUT2D eigenvalue weighted by Crippen LogP contribution is 2.26. The summed E-state index contributed by atoms with van der Waals surface area (Å²) in [6.07, 6.45) is -8.06. The first kappa shape index (κ1) is 14.9. The van der Waals surface area contributed by atoms with Crippen LogP contribution in [0.2, 0.25) is 0 Å². The molecule has 0 aromatic heterocycles. The molecule has 1 aromatic rings. The number of hydrogen-bond donors (Lipinski definition) is 0. The SMILES string of the molecule is Cc1ccc(S(=O)(=O)OC(CF)C(F)(F)F)cc1. The average molecular weight is 286 g/mol. The van der Waals surface area contributed by atoms with Crippen molar-refractivity contribution in [2.45, 2.75) is 24.1 Å². The number of alkyl halides is 4. The Morgan fingerprint density at radius 1 is 1.22 bits per heavy atom. The Bertz CT molecular complexity index is 493. The second-order valence-electron chi connectivity index (χ2n) is 3.55. The van der Waals surface area contributed by atoms with E-state index in [-0.39, 0.29) is 0 Å². The fourth-order valence-electron chi connectivity index (χ4n) is 1.08. The molecule has 0 aliphatic carbocycles. The van der Waals surface area contributed by atoms with Crippen LogP contribution < -0.4 is 0 Å². The van der Waals surface area contributed by atoms with Gasteiger partial charge >= 0.3 is 6.18 Å². The first-order valence-electron chi connectivity index (χ1n) is 4.79. The Labute approximate surface area is 102 Å². The summed E-state index contributed by atoms with van der Waals surface area (Å²) >= 11 is 0. The normalized spacial score (nSPS) is 14.5. The Morgan fingerprint density at radius 2 is 1.72 bits per heavy atom. The van der Waals surface area contributed by atoms with Crippen molar-refractivity contribution in [1.29, 1.82) is 0 Å². The largest absolute Gasteiger partial charge is 0.418 e. The first-order valence-corrected chi connectivity index (χ1v) is 6.20. The number of aryl methyl sites for hydroxylation is 1. The summed E-state index contributed by atoms with van der Waals surface area (Å²) < 4.78 is 75.5. The lowest BCUT2D eigenvalue weighted by Gasteiger charge is -2.17. The number of benzene rings is 1. The van der Waals surface area contributed by atoms with Gasteiger partial charge in [0, 0.05) is 0 Å². The van der Waals surface area contributed by atoms with Gasteiger partial charge in [-0.15, -0.1) is 0 Å². The third-order valence-electron chi connectivity index (χ3n) is 2.06. The van der Waals surface area contributed by atoms with Gasteiger partial charge in [-0.3, -0.25) is 4.18 Å². The summed E-state index contributed by atoms with van der Waals surface area (Å²) in [6.45, 7) is -0.286. The van der Waals surface area contributed by atoms with Crippen molar-refractivity contribution in [2.75, 3.05) is 6.67 Å². The van der Waals surface area contributed by atoms with E-state index < -0.39 is 34.0 Å². The summed E-state index contributed by atoms with van der Waals surface area (Å²) in [6, 6.07) is 4.98. The molecule has 0 radical (unpaired) electrons. The van der Waals surface area contributed by atoms with Gasteiger partial charge in [0.05, 0.1) is 4.90 Å². The molecule has 0 saturated heterocycles. The lowest BCUT2D eigenvalue weighted by Crippen LogP contribution is -2.35. The predicted molar refractivity (Wildman–Crippen MR) is 55.3 cm³/mol. The Balaban J connectivity index is 2.98. The minimum Gasteiger partial charge on any atom is -0.251 e. The molecule has 18 heavy (non-hydrogen) atoms. The van der Waals surface area contributed by atoms with Crippen LogP contribution in [0.4, 0.5) is 17.6 Å². The van der Waals surface area contributed by atoms with Crippen LogP contribution in [-0.4, -0.2) is 27.4 Å². The summed E-state index contributed by atoms with van der Waals surface area (Å²) in [4.78, 5) is -0.448. The van der Waals surface area contributed by atoms with Crippen LogP contribution >= 0.6 is 0 Å². The van der Waals surface area contributed by atoms with Gasteiger partial charge < -0.3 is 0 Å². The maximum atomic E-state index is 12.2. The molecule has 0 aliphatic heterocycles. The van der Waals surface area contributed by atoms with Crippen molar-refractivity contribution >= 4 is 10.1 Å². The monoisotopic (exact) mass is 286 g/mol. The lowest BCUT2D eigenvalue weighted by molar-refractivity contribution is -0.197. The van der Waals surface area contributed by atoms with Crippen molar-refractivity contribution in [2.24, 2.45) is 0 Å². The number of halogens is 4. The van der Waals surface area contributed by atoms with E-state index in [1.54, 1.807) is 6.92 Å². The van der Waals surface area contributed by atoms with Crippen LogP contribution in [0.15, 0.2) is 29.2 Å². The summed E-state index contributed by atoms with van der Waals surface area (Å²) in [5.74, 6) is 0. The highest BCUT2D eigenvalue weighted by molar-refractivity contribution is 7.86. The number of hydrogen-bond acceptors (Lipinski definition) is 3. The molecule has 0 bridgehead atoms. The molecule has 1 unspecified atom stereocenters. The molecule has 0 fully saturated rings. The van der Waals surface area contributed by atoms with Gasteiger partial charge in [-0.25, -0.2) is 4.39 Å². The van der Waals surface area contributed by atoms with E-state index in [0.29, 0.717) is 0 Å². The zero-order valence-electron chi connectivity index (χ0n) is 9.24. The molecule has 3 nitrogen and oxygen atoms in total. The van der Waals surface area contributed by atoms with Crippen molar-refractivity contribution < 1.29 is 30.2 Å². The minimum atomic E-state index is -5.08. The fourth-order valence-corrected chi connectivity index (χ4v) is 2.13. The zero-order chi connectivity index (χ0) is 14.0. The van der Waals surface area contributed by atoms with Crippen molar-refractivity contribution in [3.63, 3.8) is 0 Å². The Kier molecular flexibility index (Phi) is 4.33. The summed E-state index contributed by atoms with van der Waals surface area (Å²) in [7, 11) is -4.63. The molecule has 1 aromatic carbocycles. The smallest absolute Gasteiger partial charge is 0.251 e. The van der Waals surface area contributed by atoms with Crippen molar-refractivity contribution in [3.8, 4) is 0 Å². The van der Waals surface area contributed by atoms with Gasteiger partial charge in [0.15, 0.2) is 0 Å². The van der Waals surface area contributed by atoms with Crippen molar-refractivity contribution in [1.82, 2.24) is 0 Å². The molecule has 0 aliphatic rings. The molecule has 0 spiro atoms. The molecular formula is C10H10F4O3S. The maximum absolute atomic E-state index is 12.2. The molecule has 1 rings (SSSR count). The van der Waals surface area contributed by atoms with E-state index in [2.05, 4.69) is 4.18 Å². The third kappa shape index (κ3) is 3.67. The van der Waals surface area contributed by atoms with E-state index in [0.717, 1.165) is 17.7 Å². The molecular weight excluding hydrogens is 276 g/mol. The van der Waals surface area contributed by atoms with Gasteiger partial charge in [-0.1, -0.05) is 17.7 Å². The second-order valence-corrected chi connectivity index (χ2v) is 5.12. The van der Waals surface area contributed by atoms with Crippen LogP contribution in [0.3, 0.4) is 0 Å². The third-order valence-corrected chi connectivity index (χ3v) is 3.39. The van der Waals surface area contributed by atoms with Crippen LogP contribution in [0.5, 0.6) is 0 Å². The van der Waals surface area contributed by atoms with E-state index in [4.69, 9.17) is 0 Å². The van der Waals surface area contributed by atoms with Crippen LogP contribution in [0.25, 0.3) is 0 Å². The van der Waals surface area contributed by atoms with E-state index in [1.807, 2.05) is 0 Å². The summed E-state index contributed by atoms with van der Waals surface area (Å²) in [5, 5.41) is 0. The van der Waals surface area contributed by atoms with E-state index in [1.165, 1.54) is 12.1 Å². The summed E-state index contributed by atoms with van der Waals surface area (Å²) in [5.41, 5.74) is 0.729. The highest BCUT2D eigenvalue weighted by Gasteiger charge is 2.44. The minimum absolute atomic E-state index is 0.448. The topological polar surface area (TPSA) is 43.4 Å². The molecule has 102 valence electrons. The van der Waals surface area contributed by atoms with Gasteiger partial charge in [-0.2, -0.15) is 21.6 Å². The quantitative estimate of drug-likeness (QED) is 0.631. The van der Waals surface area contributed by atoms with Crippen LogP contribution in [-0.2, 0) is 14.3 Å². The molecule has 0 N–H and O–H groups in total. The maximum Gasteiger partial charge on any atom is 0.418 e. The van der Waals surface area contributed by atoms with Gasteiger partial charge in [-0.05, 0) is 19.1 Å². The van der Waals surface area contributed by atoms with Gasteiger partial charge in [0.1, 0.15) is 6.67 Å². The predicted octanol–water partition coefficient (Wildman–Crippen LogP) is 2.60. The van der Waals surface area contributed by atoms with Crippen LogP contribution in [0, 0.1) is 6.92 Å². The van der Waals surface area contributed by atoms with Crippen LogP contribution in [0.1, 0.15) is 5.56 Å². The Morgan fingerprint density at radius 3 is 2.11 bits per heavy atom. The van der Waals surface area contributed by atoms with Gasteiger partial charge in [0.25, 0.3) is 10.1 Å². The highest BCUT2D eigenvalue weighted by atomic mass is 32.2. The first-order chi connectivity index (χ1) is 8.16. The molecule has 0 heterocycles. The average Bonchev–Trinajstić information content (AvgIpc) is 2.25. The van der Waals surface area contributed by atoms with Gasteiger partial charge in [0.2, 0.25) is 6.10 Å². The zero-order valence-corrected chi connectivity index (χ0v) is 10.1. The molecule has 8 heteroatoms. The molecule has 0 amide bonds. The lowest BCUT2D eigenvalue weighted by atomic mass is 10.2. The van der Waals surface area contributed by atoms with E-state index in [9.17, 15) is 26.0 Å². The Hall–Kier alpha value is -1.15. The number of rotatable bonds is 4. The molecule has 0 saturated carbocycles. The second kappa shape index (κ2) is 5.23. The van der Waals surface area contributed by atoms with Crippen molar-refractivity contribution in [3.05, 3.63) is 29.8 Å².